The third-order valence-corrected chi connectivity index (χ3v) is 8.41. The molecule has 0 spiro atoms. The number of hydrazine groups is 1. The van der Waals surface area contributed by atoms with Crippen molar-refractivity contribution >= 4 is 21.8 Å². The molecule has 12 nitrogen and oxygen atoms in total. The van der Waals surface area contributed by atoms with Gasteiger partial charge in [0, 0.05) is 38.9 Å². The molecule has 0 saturated carbocycles. The number of nitriles is 1. The summed E-state index contributed by atoms with van der Waals surface area (Å²) in [7, 11) is -0.743. The number of nitrogens with one attached hydrogen (secondary N) is 1. The molecule has 2 aromatic carbocycles. The van der Waals surface area contributed by atoms with E-state index in [4.69, 9.17) is 14.7 Å². The van der Waals surface area contributed by atoms with Crippen LogP contribution in [0.15, 0.2) is 53.4 Å². The Hall–Kier alpha value is -3.70. The summed E-state index contributed by atoms with van der Waals surface area (Å²) in [6.45, 7) is 5.09. The predicted molar refractivity (Wildman–Crippen MR) is 159 cm³/mol. The molecule has 2 amide bonds. The number of hydrogen-bond acceptors (Lipinski definition) is 9. The zero-order valence-corrected chi connectivity index (χ0v) is 26.1. The first-order valence-corrected chi connectivity index (χ1v) is 15.6. The van der Waals surface area contributed by atoms with Gasteiger partial charge >= 0.3 is 0 Å². The molecule has 2 N–H and O–H groups in total. The highest BCUT2D eigenvalue weighted by atomic mass is 32.2. The molecule has 43 heavy (non-hydrogen) atoms. The molecule has 3 atom stereocenters. The number of aliphatic hydroxyl groups is 1. The summed E-state index contributed by atoms with van der Waals surface area (Å²) < 4.78 is 40.2. The molecule has 0 bridgehead atoms. The van der Waals surface area contributed by atoms with E-state index >= 15 is 0 Å². The lowest BCUT2D eigenvalue weighted by Gasteiger charge is -2.37. The van der Waals surface area contributed by atoms with E-state index in [1.165, 1.54) is 22.5 Å². The summed E-state index contributed by atoms with van der Waals surface area (Å²) in [4.78, 5) is 27.8. The Balaban J connectivity index is 1.99. The van der Waals surface area contributed by atoms with E-state index in [2.05, 4.69) is 5.43 Å². The maximum absolute atomic E-state index is 13.9. The number of likely N-dealkylation sites (N-methyl/N-ethyl adjacent to an activating group) is 1. The van der Waals surface area contributed by atoms with Crippen LogP contribution in [-0.2, 0) is 26.0 Å². The van der Waals surface area contributed by atoms with Crippen molar-refractivity contribution in [3.8, 4) is 17.6 Å². The first-order valence-electron chi connectivity index (χ1n) is 14.1. The molecule has 0 radical (unpaired) electrons. The summed E-state index contributed by atoms with van der Waals surface area (Å²) in [5.41, 5.74) is 3.37. The van der Waals surface area contributed by atoms with Crippen molar-refractivity contribution in [2.75, 3.05) is 33.7 Å². The van der Waals surface area contributed by atoms with Crippen molar-refractivity contribution in [2.45, 2.75) is 63.4 Å². The SMILES string of the molecule is CC(C)CN(C[C@@H](O)[C@H](Cc1ccccc1)N(NC(=O)CN(C)C)C(=O)CCC#N)S(=O)(=O)c1ccc2c(c1)OC(C)O2. The molecule has 0 aromatic heterocycles. The maximum atomic E-state index is 13.9. The van der Waals surface area contributed by atoms with E-state index in [9.17, 15) is 23.1 Å². The lowest BCUT2D eigenvalue weighted by molar-refractivity contribution is -0.148. The van der Waals surface area contributed by atoms with Crippen LogP contribution in [0.25, 0.3) is 0 Å². The van der Waals surface area contributed by atoms with E-state index in [1.807, 2.05) is 38.1 Å². The van der Waals surface area contributed by atoms with Gasteiger partial charge in [-0.15, -0.1) is 0 Å². The topological polar surface area (TPSA) is 153 Å². The van der Waals surface area contributed by atoms with Crippen molar-refractivity contribution in [1.29, 1.82) is 5.26 Å². The molecular weight excluding hydrogens is 574 g/mol. The number of ether oxygens (including phenoxy) is 2. The second-order valence-corrected chi connectivity index (χ2v) is 13.1. The Morgan fingerprint density at radius 1 is 1.07 bits per heavy atom. The molecule has 0 saturated heterocycles. The van der Waals surface area contributed by atoms with Gasteiger partial charge < -0.3 is 19.5 Å². The number of amides is 2. The van der Waals surface area contributed by atoms with Gasteiger partial charge in [-0.05, 0) is 44.1 Å². The fourth-order valence-corrected chi connectivity index (χ4v) is 6.34. The van der Waals surface area contributed by atoms with E-state index in [1.54, 1.807) is 38.1 Å². The minimum absolute atomic E-state index is 0.0300. The van der Waals surface area contributed by atoms with Gasteiger partial charge in [-0.1, -0.05) is 44.2 Å². The smallest absolute Gasteiger partial charge is 0.252 e. The summed E-state index contributed by atoms with van der Waals surface area (Å²) in [6, 6.07) is 14.3. The molecule has 2 aromatic rings. The van der Waals surface area contributed by atoms with E-state index in [0.717, 1.165) is 10.6 Å². The third kappa shape index (κ3) is 9.39. The molecule has 1 unspecified atom stereocenters. The van der Waals surface area contributed by atoms with Gasteiger partial charge in [-0.3, -0.25) is 15.0 Å². The monoisotopic (exact) mass is 615 g/mol. The Bertz CT molecular complexity index is 1400. The first kappa shape index (κ1) is 33.8. The van der Waals surface area contributed by atoms with Crippen LogP contribution in [0.5, 0.6) is 11.5 Å². The number of carbonyl (C=O) groups excluding carboxylic acids is 2. The highest BCUT2D eigenvalue weighted by molar-refractivity contribution is 7.89. The molecule has 0 fully saturated rings. The van der Waals surface area contributed by atoms with Crippen molar-refractivity contribution in [3.05, 3.63) is 54.1 Å². The molecule has 234 valence electrons. The number of aliphatic hydroxyl groups excluding tert-OH is 1. The predicted octanol–water partition coefficient (Wildman–Crippen LogP) is 2.15. The average Bonchev–Trinajstić information content (AvgIpc) is 3.32. The Labute approximate surface area is 253 Å². The zero-order chi connectivity index (χ0) is 31.7. The van der Waals surface area contributed by atoms with Crippen LogP contribution in [0.1, 0.15) is 39.2 Å². The van der Waals surface area contributed by atoms with Gasteiger partial charge in [-0.25, -0.2) is 13.4 Å². The summed E-state index contributed by atoms with van der Waals surface area (Å²) >= 11 is 0. The van der Waals surface area contributed by atoms with Gasteiger partial charge in [0.15, 0.2) is 11.5 Å². The summed E-state index contributed by atoms with van der Waals surface area (Å²) in [6.07, 6.45) is -2.15. The number of carbonyl (C=O) groups is 2. The molecule has 3 rings (SSSR count). The van der Waals surface area contributed by atoms with E-state index in [0.29, 0.717) is 11.5 Å². The average molecular weight is 616 g/mol. The van der Waals surface area contributed by atoms with Crippen molar-refractivity contribution in [1.82, 2.24) is 19.6 Å². The molecule has 1 aliphatic rings. The summed E-state index contributed by atoms with van der Waals surface area (Å²) in [5.74, 6) is -0.432. The number of hydrogen-bond donors (Lipinski definition) is 2. The quantitative estimate of drug-likeness (QED) is 0.305. The van der Waals surface area contributed by atoms with Gasteiger partial charge in [-0.2, -0.15) is 9.57 Å². The fraction of sp³-hybridized carbons (Fsp3) is 0.500. The number of fused-ring (bicyclic) bond motifs is 1. The number of nitrogens with zero attached hydrogens (tertiary/aromatic N) is 4. The standard InChI is InChI=1S/C30H41N5O7S/c1-21(2)18-34(43(39,40)24-13-14-27-28(17-24)42-22(3)41-27)19-26(36)25(16-23-10-7-6-8-11-23)35(30(38)12-9-15-31)32-29(37)20-33(4)5/h6-8,10-11,13-14,17,21-22,25-26,36H,9,12,16,18-20H2,1-5H3,(H,32,37)/t22?,25-,26+/m0/s1. The fourth-order valence-electron chi connectivity index (χ4n) is 4.70. The largest absolute Gasteiger partial charge is 0.451 e. The second kappa shape index (κ2) is 15.2. The van der Waals surface area contributed by atoms with Crippen molar-refractivity contribution < 1.29 is 32.6 Å². The van der Waals surface area contributed by atoms with E-state index < -0.39 is 40.3 Å². The number of benzene rings is 2. The van der Waals surface area contributed by atoms with Gasteiger partial charge in [0.2, 0.25) is 22.2 Å². The van der Waals surface area contributed by atoms with Crippen molar-refractivity contribution in [3.63, 3.8) is 0 Å². The van der Waals surface area contributed by atoms with Crippen LogP contribution in [0.2, 0.25) is 0 Å². The van der Waals surface area contributed by atoms with Crippen LogP contribution in [0.4, 0.5) is 0 Å². The minimum atomic E-state index is -4.14. The second-order valence-electron chi connectivity index (χ2n) is 11.1. The van der Waals surface area contributed by atoms with Crippen molar-refractivity contribution in [2.24, 2.45) is 5.92 Å². The Kier molecular flexibility index (Phi) is 11.9. The van der Waals surface area contributed by atoms with Crippen LogP contribution in [0.3, 0.4) is 0 Å². The Morgan fingerprint density at radius 3 is 2.37 bits per heavy atom. The normalized spacial score (nSPS) is 15.8. The number of sulfonamides is 1. The molecule has 1 heterocycles. The zero-order valence-electron chi connectivity index (χ0n) is 25.3. The maximum Gasteiger partial charge on any atom is 0.252 e. The highest BCUT2D eigenvalue weighted by Gasteiger charge is 2.36. The van der Waals surface area contributed by atoms with Crippen LogP contribution in [-0.4, -0.2) is 91.7 Å². The van der Waals surface area contributed by atoms with Gasteiger partial charge in [0.1, 0.15) is 0 Å². The van der Waals surface area contributed by atoms with Crippen LogP contribution in [0, 0.1) is 17.2 Å². The molecular formula is C30H41N5O7S. The first-order chi connectivity index (χ1) is 20.3. The van der Waals surface area contributed by atoms with Crippen LogP contribution >= 0.6 is 0 Å². The highest BCUT2D eigenvalue weighted by Crippen LogP contribution is 2.37. The Morgan fingerprint density at radius 2 is 1.74 bits per heavy atom. The number of rotatable bonds is 14. The third-order valence-electron chi connectivity index (χ3n) is 6.59. The summed E-state index contributed by atoms with van der Waals surface area (Å²) in [5, 5.41) is 21.9. The molecule has 1 aliphatic heterocycles. The molecule has 0 aliphatic carbocycles. The van der Waals surface area contributed by atoms with Gasteiger partial charge in [0.25, 0.3) is 5.91 Å². The minimum Gasteiger partial charge on any atom is -0.451 e. The van der Waals surface area contributed by atoms with Crippen LogP contribution < -0.4 is 14.9 Å². The lowest BCUT2D eigenvalue weighted by Crippen LogP contribution is -2.60. The molecule has 13 heteroatoms. The van der Waals surface area contributed by atoms with E-state index in [-0.39, 0.29) is 49.7 Å². The lowest BCUT2D eigenvalue weighted by atomic mass is 9.99. The van der Waals surface area contributed by atoms with Gasteiger partial charge in [0.05, 0.1) is 29.7 Å².